The lowest BCUT2D eigenvalue weighted by Crippen LogP contribution is -2.48. The molecule has 1 N–H and O–H groups in total. The molecule has 6 rings (SSSR count). The largest absolute Gasteiger partial charge is 0.458 e. The van der Waals surface area contributed by atoms with Gasteiger partial charge >= 0.3 is 12.1 Å². The normalized spacial score (nSPS) is 20.1. The SMILES string of the molecule is CCc1ccc(OC(=O)N2CCN(C)CC2)c2cc3c(nc12)-c1cc2c(c(=O)n1C3)COC(=O)[C@]2(O)CC.Cl. The lowest BCUT2D eigenvalue weighted by molar-refractivity contribution is -0.172. The fourth-order valence-electron chi connectivity index (χ4n) is 5.62. The molecule has 0 bridgehead atoms. The Balaban J connectivity index is 0.00000308. The summed E-state index contributed by atoms with van der Waals surface area (Å²) in [5, 5.41) is 11.8. The van der Waals surface area contributed by atoms with E-state index in [4.69, 9.17) is 14.5 Å². The highest BCUT2D eigenvalue weighted by Gasteiger charge is 2.45. The Morgan fingerprint density at radius 3 is 2.59 bits per heavy atom. The number of esters is 1. The highest BCUT2D eigenvalue weighted by molar-refractivity contribution is 5.93. The van der Waals surface area contributed by atoms with Crippen LogP contribution in [0.15, 0.2) is 29.1 Å². The van der Waals surface area contributed by atoms with E-state index < -0.39 is 11.6 Å². The van der Waals surface area contributed by atoms with Crippen LogP contribution in [0.25, 0.3) is 22.3 Å². The Morgan fingerprint density at radius 2 is 1.90 bits per heavy atom. The number of nitrogens with zero attached hydrogens (tertiary/aromatic N) is 4. The maximum absolute atomic E-state index is 13.5. The highest BCUT2D eigenvalue weighted by Crippen LogP contribution is 2.40. The molecule has 3 aromatic rings. The first kappa shape index (κ1) is 27.1. The average Bonchev–Trinajstić information content (AvgIpc) is 3.28. The minimum atomic E-state index is -1.87. The predicted molar refractivity (Wildman–Crippen MR) is 146 cm³/mol. The summed E-state index contributed by atoms with van der Waals surface area (Å²) in [7, 11) is 2.03. The van der Waals surface area contributed by atoms with Crippen molar-refractivity contribution in [2.24, 2.45) is 0 Å². The van der Waals surface area contributed by atoms with Gasteiger partial charge in [0.25, 0.3) is 5.56 Å². The first-order valence-electron chi connectivity index (χ1n) is 13.0. The van der Waals surface area contributed by atoms with Crippen LogP contribution in [0.2, 0.25) is 0 Å². The zero-order valence-corrected chi connectivity index (χ0v) is 23.0. The third-order valence-electron chi connectivity index (χ3n) is 8.06. The van der Waals surface area contributed by atoms with Crippen LogP contribution in [0, 0.1) is 0 Å². The molecule has 1 aromatic carbocycles. The number of halogens is 1. The smallest absolute Gasteiger partial charge is 0.415 e. The monoisotopic (exact) mass is 554 g/mol. The molecule has 0 spiro atoms. The number of fused-ring (bicyclic) bond motifs is 5. The van der Waals surface area contributed by atoms with Crippen molar-refractivity contribution in [2.75, 3.05) is 33.2 Å². The van der Waals surface area contributed by atoms with E-state index in [1.807, 2.05) is 26.1 Å². The lowest BCUT2D eigenvalue weighted by atomic mass is 9.86. The third kappa shape index (κ3) is 4.18. The minimum Gasteiger partial charge on any atom is -0.458 e. The van der Waals surface area contributed by atoms with Gasteiger partial charge in [-0.05, 0) is 43.7 Å². The number of hydrogen-bond donors (Lipinski definition) is 1. The molecular formula is C28H31ClN4O6. The number of aliphatic hydroxyl groups is 1. The lowest BCUT2D eigenvalue weighted by Gasteiger charge is -2.31. The van der Waals surface area contributed by atoms with Gasteiger partial charge in [0.2, 0.25) is 0 Å². The number of ether oxygens (including phenoxy) is 2. The maximum atomic E-state index is 13.5. The zero-order valence-electron chi connectivity index (χ0n) is 22.2. The van der Waals surface area contributed by atoms with Crippen LogP contribution >= 0.6 is 12.4 Å². The summed E-state index contributed by atoms with van der Waals surface area (Å²) in [6, 6.07) is 7.35. The molecule has 11 heteroatoms. The van der Waals surface area contributed by atoms with Crippen molar-refractivity contribution < 1.29 is 24.2 Å². The van der Waals surface area contributed by atoms with Crippen LogP contribution in [-0.2, 0) is 34.7 Å². The van der Waals surface area contributed by atoms with Gasteiger partial charge in [-0.3, -0.25) is 4.79 Å². The summed E-state index contributed by atoms with van der Waals surface area (Å²) in [5.74, 6) is -0.319. The molecule has 0 saturated carbocycles. The molecule has 3 aliphatic rings. The number of aryl methyl sites for hydroxylation is 1. The van der Waals surface area contributed by atoms with E-state index in [0.717, 1.165) is 24.2 Å². The first-order valence-corrected chi connectivity index (χ1v) is 13.0. The number of benzene rings is 1. The van der Waals surface area contributed by atoms with Crippen LogP contribution in [0.4, 0.5) is 4.79 Å². The standard InChI is InChI=1S/C28H30N4O6.ClH/c1-4-16-6-7-22(38-27(35)31-10-8-30(3)9-11-31)18-12-17-14-32-21(24(17)29-23(16)18)13-20-19(25(32)33)15-37-26(34)28(20,36)5-2;/h6-7,12-13,36H,4-5,8-11,14-15H2,1-3H3;1H/t28-;/m0./s1. The molecule has 1 amide bonds. The average molecular weight is 555 g/mol. The van der Waals surface area contributed by atoms with Crippen molar-refractivity contribution in [3.63, 3.8) is 0 Å². The molecule has 2 aromatic heterocycles. The number of likely N-dealkylation sites (N-methyl/N-ethyl adjacent to an activating group) is 1. The van der Waals surface area contributed by atoms with Gasteiger partial charge in [-0.1, -0.05) is 19.9 Å². The summed E-state index contributed by atoms with van der Waals surface area (Å²) in [4.78, 5) is 47.7. The fraction of sp³-hybridized carbons (Fsp3) is 0.429. The summed E-state index contributed by atoms with van der Waals surface area (Å²) in [5.41, 5.74) is 2.03. The number of amides is 1. The number of hydrogen-bond acceptors (Lipinski definition) is 8. The Bertz CT molecular complexity index is 1560. The number of carbonyl (C=O) groups excluding carboxylic acids is 2. The van der Waals surface area contributed by atoms with Gasteiger partial charge in [0.1, 0.15) is 12.4 Å². The molecule has 10 nitrogen and oxygen atoms in total. The van der Waals surface area contributed by atoms with Crippen molar-refractivity contribution in [1.82, 2.24) is 19.4 Å². The van der Waals surface area contributed by atoms with Gasteiger partial charge in [0.15, 0.2) is 5.60 Å². The van der Waals surface area contributed by atoms with Crippen LogP contribution in [0.5, 0.6) is 5.75 Å². The minimum absolute atomic E-state index is 0. The molecule has 5 heterocycles. The van der Waals surface area contributed by atoms with Crippen molar-refractivity contribution >= 4 is 35.4 Å². The Kier molecular flexibility index (Phi) is 6.90. The van der Waals surface area contributed by atoms with Crippen molar-refractivity contribution in [1.29, 1.82) is 0 Å². The number of pyridine rings is 2. The van der Waals surface area contributed by atoms with E-state index in [2.05, 4.69) is 4.90 Å². The molecule has 3 aliphatic heterocycles. The fourth-order valence-corrected chi connectivity index (χ4v) is 5.62. The van der Waals surface area contributed by atoms with Crippen LogP contribution < -0.4 is 10.3 Å². The van der Waals surface area contributed by atoms with E-state index in [-0.39, 0.29) is 54.8 Å². The van der Waals surface area contributed by atoms with Crippen LogP contribution in [0.3, 0.4) is 0 Å². The van der Waals surface area contributed by atoms with Crippen LogP contribution in [-0.4, -0.2) is 69.7 Å². The molecule has 1 atom stereocenters. The Labute approximate surface area is 231 Å². The van der Waals surface area contributed by atoms with Gasteiger partial charge in [-0.15, -0.1) is 12.4 Å². The molecule has 0 aliphatic carbocycles. The van der Waals surface area contributed by atoms with Gasteiger partial charge in [-0.25, -0.2) is 14.6 Å². The molecule has 1 saturated heterocycles. The van der Waals surface area contributed by atoms with Crippen molar-refractivity contribution in [3.8, 4) is 17.1 Å². The van der Waals surface area contributed by atoms with E-state index in [9.17, 15) is 19.5 Å². The van der Waals surface area contributed by atoms with Gasteiger partial charge in [0.05, 0.1) is 29.0 Å². The van der Waals surface area contributed by atoms with Gasteiger partial charge in [-0.2, -0.15) is 0 Å². The summed E-state index contributed by atoms with van der Waals surface area (Å²) >= 11 is 0. The molecule has 206 valence electrons. The Hall–Kier alpha value is -3.47. The number of piperazine rings is 1. The number of rotatable bonds is 3. The summed E-state index contributed by atoms with van der Waals surface area (Å²) in [6.07, 6.45) is 0.412. The van der Waals surface area contributed by atoms with Gasteiger partial charge < -0.3 is 28.9 Å². The van der Waals surface area contributed by atoms with E-state index in [1.165, 1.54) is 0 Å². The van der Waals surface area contributed by atoms with Gasteiger partial charge in [0, 0.05) is 42.7 Å². The molecule has 39 heavy (non-hydrogen) atoms. The predicted octanol–water partition coefficient (Wildman–Crippen LogP) is 2.81. The molecule has 1 fully saturated rings. The first-order chi connectivity index (χ1) is 18.2. The second-order valence-corrected chi connectivity index (χ2v) is 10.2. The van der Waals surface area contributed by atoms with E-state index >= 15 is 0 Å². The second-order valence-electron chi connectivity index (χ2n) is 10.2. The third-order valence-corrected chi connectivity index (χ3v) is 8.06. The topological polar surface area (TPSA) is 114 Å². The maximum Gasteiger partial charge on any atom is 0.415 e. The van der Waals surface area contributed by atoms with Crippen LogP contribution in [0.1, 0.15) is 42.5 Å². The summed E-state index contributed by atoms with van der Waals surface area (Å²) < 4.78 is 12.6. The quantitative estimate of drug-likeness (QED) is 0.385. The van der Waals surface area contributed by atoms with E-state index in [1.54, 1.807) is 28.5 Å². The second kappa shape index (κ2) is 9.93. The summed E-state index contributed by atoms with van der Waals surface area (Å²) in [6.45, 7) is 6.61. The molecule has 0 radical (unpaired) electrons. The number of aromatic nitrogens is 2. The zero-order chi connectivity index (χ0) is 26.8. The van der Waals surface area contributed by atoms with E-state index in [0.29, 0.717) is 47.6 Å². The van der Waals surface area contributed by atoms with Crippen molar-refractivity contribution in [2.45, 2.75) is 45.4 Å². The number of cyclic esters (lactones) is 1. The highest BCUT2D eigenvalue weighted by atomic mass is 35.5. The number of carbonyl (C=O) groups is 2. The van der Waals surface area contributed by atoms with Crippen molar-refractivity contribution in [3.05, 3.63) is 56.9 Å². The molecule has 0 unspecified atom stereocenters. The molecular weight excluding hydrogens is 524 g/mol. The Morgan fingerprint density at radius 1 is 1.15 bits per heavy atom.